The number of hydrogen-bond donors (Lipinski definition) is 5. The first-order chi connectivity index (χ1) is 19.8. The van der Waals surface area contributed by atoms with Gasteiger partial charge in [-0.15, -0.1) is 0 Å². The van der Waals surface area contributed by atoms with Gasteiger partial charge in [-0.25, -0.2) is 4.79 Å². The van der Waals surface area contributed by atoms with Crippen LogP contribution >= 0.6 is 0 Å². The lowest BCUT2D eigenvalue weighted by Gasteiger charge is -2.58. The lowest BCUT2D eigenvalue weighted by atomic mass is 9.47. The highest BCUT2D eigenvalue weighted by atomic mass is 16.8. The molecule has 5 rings (SSSR count). The summed E-state index contributed by atoms with van der Waals surface area (Å²) in [5, 5.41) is 57.4. The summed E-state index contributed by atoms with van der Waals surface area (Å²) in [6.07, 6.45) is 10.4. The van der Waals surface area contributed by atoms with Crippen LogP contribution in [-0.2, 0) is 14.4 Å². The van der Waals surface area contributed by atoms with Gasteiger partial charge >= 0.3 is 5.97 Å². The van der Waals surface area contributed by atoms with Gasteiger partial charge in [-0.1, -0.05) is 42.8 Å². The molecule has 1 amide bonds. The highest BCUT2D eigenvalue weighted by Gasteiger charge is 2.62. The molecule has 0 saturated heterocycles. The number of allylic oxidation sites excluding steroid dienone is 4. The summed E-state index contributed by atoms with van der Waals surface area (Å²) in [5.74, 6) is -0.725. The maximum Gasteiger partial charge on any atom is 0.329 e. The van der Waals surface area contributed by atoms with E-state index >= 15 is 0 Å². The molecule has 4 aliphatic rings. The SMILES string of the molecule is C[C@]12C=CC(=NOCC(=O)N[C@H](C(=O)O)[C@H](O)c3cccc(N([O-])O)c3)C=C1CC[C@H]1[C@@H]2CC[C@@]2(C)[C@H]1CC[C@]2(C)O. The van der Waals surface area contributed by atoms with Crippen molar-refractivity contribution in [3.63, 3.8) is 0 Å². The molecule has 0 heterocycles. The molecule has 0 aliphatic heterocycles. The quantitative estimate of drug-likeness (QED) is 0.285. The molecule has 0 radical (unpaired) electrons. The topological polar surface area (TPSA) is 175 Å². The third-order valence-electron chi connectivity index (χ3n) is 10.8. The minimum absolute atomic E-state index is 0.0221. The molecule has 0 unspecified atom stereocenters. The molecule has 3 fully saturated rings. The third-order valence-corrected chi connectivity index (χ3v) is 10.8. The van der Waals surface area contributed by atoms with Gasteiger partial charge in [0.1, 0.15) is 11.8 Å². The van der Waals surface area contributed by atoms with Crippen molar-refractivity contribution in [2.45, 2.75) is 77.0 Å². The number of anilines is 1. The normalized spacial score (nSPS) is 35.7. The molecule has 5 N–H and O–H groups in total. The van der Waals surface area contributed by atoms with Gasteiger partial charge in [0.25, 0.3) is 5.91 Å². The van der Waals surface area contributed by atoms with Gasteiger partial charge in [0.15, 0.2) is 12.6 Å². The van der Waals surface area contributed by atoms with Crippen LogP contribution in [0.3, 0.4) is 0 Å². The summed E-state index contributed by atoms with van der Waals surface area (Å²) >= 11 is 0. The Labute approximate surface area is 245 Å². The van der Waals surface area contributed by atoms with Crippen molar-refractivity contribution in [1.29, 1.82) is 0 Å². The number of benzene rings is 1. The summed E-state index contributed by atoms with van der Waals surface area (Å²) in [4.78, 5) is 29.5. The van der Waals surface area contributed by atoms with Crippen LogP contribution in [-0.4, -0.2) is 56.4 Å². The number of carbonyl (C=O) groups excluding carboxylic acids is 1. The third kappa shape index (κ3) is 5.23. The van der Waals surface area contributed by atoms with E-state index in [2.05, 4.69) is 30.4 Å². The number of aliphatic carboxylic acids is 1. The molecular formula is C31H40N3O8-. The van der Waals surface area contributed by atoms with Crippen molar-refractivity contribution >= 4 is 23.3 Å². The van der Waals surface area contributed by atoms with Crippen molar-refractivity contribution in [2.75, 3.05) is 11.8 Å². The number of nitrogens with one attached hydrogen (secondary N) is 1. The highest BCUT2D eigenvalue weighted by molar-refractivity contribution is 6.05. The fourth-order valence-corrected chi connectivity index (χ4v) is 8.18. The Hall–Kier alpha value is -3.25. The Balaban J connectivity index is 1.20. The number of carboxylic acid groups (broad SMARTS) is 1. The second-order valence-electron chi connectivity index (χ2n) is 13.0. The van der Waals surface area contributed by atoms with Crippen LogP contribution < -0.4 is 10.5 Å². The number of oxime groups is 1. The van der Waals surface area contributed by atoms with E-state index in [4.69, 9.17) is 10.0 Å². The van der Waals surface area contributed by atoms with Crippen LogP contribution in [0, 0.1) is 33.8 Å². The summed E-state index contributed by atoms with van der Waals surface area (Å²) in [6.45, 7) is 6.01. The maximum absolute atomic E-state index is 12.5. The van der Waals surface area contributed by atoms with E-state index in [9.17, 15) is 30.1 Å². The monoisotopic (exact) mass is 582 g/mol. The average molecular weight is 583 g/mol. The molecule has 0 spiro atoms. The van der Waals surface area contributed by atoms with Crippen LogP contribution in [0.1, 0.15) is 71.0 Å². The van der Waals surface area contributed by atoms with Gasteiger partial charge in [-0.05, 0) is 98.5 Å². The fraction of sp³-hybridized carbons (Fsp3) is 0.581. The van der Waals surface area contributed by atoms with E-state index in [1.165, 1.54) is 23.8 Å². The molecule has 42 heavy (non-hydrogen) atoms. The van der Waals surface area contributed by atoms with Gasteiger partial charge in [-0.2, -0.15) is 0 Å². The van der Waals surface area contributed by atoms with Crippen LogP contribution in [0.25, 0.3) is 0 Å². The molecule has 11 heteroatoms. The lowest BCUT2D eigenvalue weighted by molar-refractivity contribution is -0.146. The van der Waals surface area contributed by atoms with Gasteiger partial charge in [0.05, 0.1) is 11.3 Å². The standard InChI is InChI=1S/C31H40N3O8/c1-29-12-9-20(16-19(29)7-8-22-23(29)10-13-30(2)24(22)11-14-31(30,3)39)33-42-17-25(35)32-26(28(37)38)27(36)18-5-4-6-21(15-18)34(40)41/h4-6,9,12,15-16,22-24,26-27,36,39-40H,7-8,10-11,13-14,17H2,1-3H3,(H,32,35)(H,37,38)/q-1/t22-,23-,24-,26-,27+,29-,30-,31-/m0/s1. The number of hydrogen-bond acceptors (Lipinski definition) is 9. The fourth-order valence-electron chi connectivity index (χ4n) is 8.18. The van der Waals surface area contributed by atoms with E-state index < -0.39 is 41.5 Å². The molecular weight excluding hydrogens is 542 g/mol. The summed E-state index contributed by atoms with van der Waals surface area (Å²) in [7, 11) is 0. The molecule has 4 aliphatic carbocycles. The first kappa shape index (κ1) is 30.2. The maximum atomic E-state index is 12.5. The number of carbonyl (C=O) groups is 2. The molecule has 228 valence electrons. The van der Waals surface area contributed by atoms with E-state index in [-0.39, 0.29) is 22.1 Å². The minimum atomic E-state index is -1.73. The molecule has 3 saturated carbocycles. The molecule has 1 aromatic carbocycles. The first-order valence-electron chi connectivity index (χ1n) is 14.6. The van der Waals surface area contributed by atoms with E-state index in [0.717, 1.165) is 44.6 Å². The van der Waals surface area contributed by atoms with Crippen LogP contribution in [0.4, 0.5) is 5.69 Å². The largest absolute Gasteiger partial charge is 0.733 e. The molecule has 1 aromatic rings. The highest BCUT2D eigenvalue weighted by Crippen LogP contribution is 2.66. The van der Waals surface area contributed by atoms with Crippen LogP contribution in [0.2, 0.25) is 0 Å². The summed E-state index contributed by atoms with van der Waals surface area (Å²) in [6, 6.07) is 3.41. The number of amides is 1. The second-order valence-corrected chi connectivity index (χ2v) is 13.0. The number of aliphatic hydroxyl groups excluding tert-OH is 1. The van der Waals surface area contributed by atoms with E-state index in [0.29, 0.717) is 23.5 Å². The Kier molecular flexibility index (Phi) is 7.99. The zero-order valence-corrected chi connectivity index (χ0v) is 24.2. The Morgan fingerprint density at radius 1 is 1.19 bits per heavy atom. The Morgan fingerprint density at radius 2 is 1.93 bits per heavy atom. The Morgan fingerprint density at radius 3 is 2.64 bits per heavy atom. The van der Waals surface area contributed by atoms with Gasteiger partial charge in [-0.3, -0.25) is 10.0 Å². The van der Waals surface area contributed by atoms with Crippen molar-refractivity contribution < 1.29 is 35.0 Å². The number of nitrogens with zero attached hydrogens (tertiary/aromatic N) is 2. The number of fused-ring (bicyclic) bond motifs is 5. The summed E-state index contributed by atoms with van der Waals surface area (Å²) in [5.41, 5.74) is 0.915. The van der Waals surface area contributed by atoms with Gasteiger partial charge in [0.2, 0.25) is 0 Å². The average Bonchev–Trinajstić information content (AvgIpc) is 3.19. The minimum Gasteiger partial charge on any atom is -0.733 e. The number of carboxylic acids is 1. The Bertz CT molecular complexity index is 1320. The molecule has 0 aromatic heterocycles. The predicted molar refractivity (Wildman–Crippen MR) is 154 cm³/mol. The van der Waals surface area contributed by atoms with E-state index in [1.54, 1.807) is 0 Å². The zero-order valence-electron chi connectivity index (χ0n) is 24.2. The predicted octanol–water partition coefficient (Wildman–Crippen LogP) is 3.85. The van der Waals surface area contributed by atoms with Crippen molar-refractivity contribution in [1.82, 2.24) is 5.32 Å². The van der Waals surface area contributed by atoms with Crippen molar-refractivity contribution in [3.05, 3.63) is 58.8 Å². The first-order valence-corrected chi connectivity index (χ1v) is 14.6. The second kappa shape index (κ2) is 11.1. The molecule has 0 bridgehead atoms. The van der Waals surface area contributed by atoms with Crippen LogP contribution in [0.5, 0.6) is 0 Å². The summed E-state index contributed by atoms with van der Waals surface area (Å²) < 4.78 is 0. The van der Waals surface area contributed by atoms with Crippen LogP contribution in [0.15, 0.2) is 53.2 Å². The zero-order chi connectivity index (χ0) is 30.4. The van der Waals surface area contributed by atoms with Crippen molar-refractivity contribution in [2.24, 2.45) is 33.7 Å². The number of rotatable bonds is 8. The molecule has 11 nitrogen and oxygen atoms in total. The van der Waals surface area contributed by atoms with E-state index in [1.807, 2.05) is 19.1 Å². The molecule has 8 atom stereocenters. The lowest BCUT2D eigenvalue weighted by Crippen LogP contribution is -2.53. The number of aliphatic hydroxyl groups is 2. The van der Waals surface area contributed by atoms with Gasteiger partial charge in [0, 0.05) is 5.41 Å². The van der Waals surface area contributed by atoms with Crippen molar-refractivity contribution in [3.8, 4) is 0 Å². The van der Waals surface area contributed by atoms with Gasteiger partial charge < -0.3 is 35.9 Å². The smallest absolute Gasteiger partial charge is 0.329 e.